The van der Waals surface area contributed by atoms with Crippen molar-refractivity contribution in [3.63, 3.8) is 0 Å². The molecule has 18 heavy (non-hydrogen) atoms. The Morgan fingerprint density at radius 3 is 3.06 bits per heavy atom. The van der Waals surface area contributed by atoms with E-state index in [9.17, 15) is 0 Å². The van der Waals surface area contributed by atoms with E-state index in [1.165, 1.54) is 16.9 Å². The SMILES string of the molecule is c1ccc2c(c1)CN1CCNCC1c1cccn1-2. The van der Waals surface area contributed by atoms with E-state index in [2.05, 4.69) is 57.4 Å². The van der Waals surface area contributed by atoms with Crippen molar-refractivity contribution in [2.75, 3.05) is 19.6 Å². The van der Waals surface area contributed by atoms with Crippen LogP contribution in [0.5, 0.6) is 0 Å². The van der Waals surface area contributed by atoms with Gasteiger partial charge in [-0.2, -0.15) is 0 Å². The van der Waals surface area contributed by atoms with Crippen LogP contribution in [-0.2, 0) is 6.54 Å². The van der Waals surface area contributed by atoms with Crippen LogP contribution in [0.4, 0.5) is 0 Å². The highest BCUT2D eigenvalue weighted by Gasteiger charge is 2.29. The Kier molecular flexibility index (Phi) is 2.28. The van der Waals surface area contributed by atoms with E-state index in [0.29, 0.717) is 6.04 Å². The maximum Gasteiger partial charge on any atom is 0.0633 e. The Labute approximate surface area is 107 Å². The molecule has 1 atom stereocenters. The largest absolute Gasteiger partial charge is 0.319 e. The van der Waals surface area contributed by atoms with Gasteiger partial charge in [-0.1, -0.05) is 18.2 Å². The predicted octanol–water partition coefficient (Wildman–Crippen LogP) is 1.94. The lowest BCUT2D eigenvalue weighted by atomic mass is 10.1. The van der Waals surface area contributed by atoms with E-state index in [1.807, 2.05) is 0 Å². The molecule has 2 aliphatic rings. The van der Waals surface area contributed by atoms with Gasteiger partial charge < -0.3 is 9.88 Å². The molecule has 1 fully saturated rings. The summed E-state index contributed by atoms with van der Waals surface area (Å²) in [5.41, 5.74) is 4.18. The number of rotatable bonds is 0. The molecule has 1 unspecified atom stereocenters. The molecule has 1 saturated heterocycles. The van der Waals surface area contributed by atoms with Crippen LogP contribution in [0, 0.1) is 0 Å². The minimum Gasteiger partial charge on any atom is -0.319 e. The van der Waals surface area contributed by atoms with Crippen molar-refractivity contribution >= 4 is 0 Å². The Morgan fingerprint density at radius 1 is 1.11 bits per heavy atom. The fourth-order valence-electron chi connectivity index (χ4n) is 3.21. The summed E-state index contributed by atoms with van der Waals surface area (Å²) in [6, 6.07) is 13.7. The summed E-state index contributed by atoms with van der Waals surface area (Å²) in [6.45, 7) is 4.34. The Hall–Kier alpha value is -1.58. The second-order valence-electron chi connectivity index (χ2n) is 5.12. The molecule has 2 aromatic rings. The average molecular weight is 239 g/mol. The van der Waals surface area contributed by atoms with Crippen molar-refractivity contribution < 1.29 is 0 Å². The maximum atomic E-state index is 3.51. The number of piperazine rings is 1. The zero-order valence-corrected chi connectivity index (χ0v) is 10.3. The van der Waals surface area contributed by atoms with Crippen LogP contribution in [0.2, 0.25) is 0 Å². The van der Waals surface area contributed by atoms with Crippen molar-refractivity contribution in [3.8, 4) is 5.69 Å². The molecule has 1 N–H and O–H groups in total. The fraction of sp³-hybridized carbons (Fsp3) is 0.333. The maximum absolute atomic E-state index is 3.51. The van der Waals surface area contributed by atoms with Gasteiger partial charge in [-0.25, -0.2) is 0 Å². The normalized spacial score (nSPS) is 22.8. The first-order valence-corrected chi connectivity index (χ1v) is 6.64. The summed E-state index contributed by atoms with van der Waals surface area (Å²) in [6.07, 6.45) is 2.19. The number of hydrogen-bond donors (Lipinski definition) is 1. The Morgan fingerprint density at radius 2 is 2.06 bits per heavy atom. The minimum absolute atomic E-state index is 0.501. The van der Waals surface area contributed by atoms with Crippen LogP contribution in [0.3, 0.4) is 0 Å². The Balaban J connectivity index is 1.92. The van der Waals surface area contributed by atoms with Crippen molar-refractivity contribution in [2.45, 2.75) is 12.6 Å². The molecule has 1 aromatic carbocycles. The van der Waals surface area contributed by atoms with Crippen molar-refractivity contribution in [3.05, 3.63) is 53.9 Å². The van der Waals surface area contributed by atoms with Gasteiger partial charge in [-0.3, -0.25) is 4.90 Å². The van der Waals surface area contributed by atoms with Gasteiger partial charge >= 0.3 is 0 Å². The number of aromatic nitrogens is 1. The molecule has 3 heterocycles. The summed E-state index contributed by atoms with van der Waals surface area (Å²) in [5.74, 6) is 0. The number of para-hydroxylation sites is 1. The molecule has 0 bridgehead atoms. The second kappa shape index (κ2) is 3.97. The molecular weight excluding hydrogens is 222 g/mol. The van der Waals surface area contributed by atoms with Crippen LogP contribution < -0.4 is 5.32 Å². The van der Waals surface area contributed by atoms with Gasteiger partial charge in [0.05, 0.1) is 6.04 Å². The third-order valence-corrected chi connectivity index (χ3v) is 4.10. The van der Waals surface area contributed by atoms with Crippen molar-refractivity contribution in [1.29, 1.82) is 0 Å². The summed E-state index contributed by atoms with van der Waals surface area (Å²) in [5, 5.41) is 3.51. The van der Waals surface area contributed by atoms with Crippen LogP contribution >= 0.6 is 0 Å². The summed E-state index contributed by atoms with van der Waals surface area (Å²) < 4.78 is 2.35. The minimum atomic E-state index is 0.501. The highest BCUT2D eigenvalue weighted by atomic mass is 15.2. The third-order valence-electron chi connectivity index (χ3n) is 4.10. The van der Waals surface area contributed by atoms with Gasteiger partial charge in [0, 0.05) is 43.8 Å². The van der Waals surface area contributed by atoms with E-state index in [-0.39, 0.29) is 0 Å². The number of fused-ring (bicyclic) bond motifs is 5. The van der Waals surface area contributed by atoms with Crippen molar-refractivity contribution in [1.82, 2.24) is 14.8 Å². The molecule has 92 valence electrons. The van der Waals surface area contributed by atoms with Crippen LogP contribution in [-0.4, -0.2) is 29.1 Å². The third kappa shape index (κ3) is 1.44. The first kappa shape index (κ1) is 10.4. The first-order chi connectivity index (χ1) is 8.93. The Bertz CT molecular complexity index is 573. The number of benzene rings is 1. The van der Waals surface area contributed by atoms with Crippen molar-refractivity contribution in [2.24, 2.45) is 0 Å². The fourth-order valence-corrected chi connectivity index (χ4v) is 3.21. The standard InChI is InChI=1S/C15H17N3/c1-2-5-13-12(4-1)11-17-9-7-16-10-15(17)14-6-3-8-18(13)14/h1-6,8,15-16H,7,9-11H2. The summed E-state index contributed by atoms with van der Waals surface area (Å²) in [7, 11) is 0. The van der Waals surface area contributed by atoms with Crippen LogP contribution in [0.25, 0.3) is 5.69 Å². The zero-order chi connectivity index (χ0) is 11.9. The summed E-state index contributed by atoms with van der Waals surface area (Å²) in [4.78, 5) is 2.59. The molecule has 4 rings (SSSR count). The molecule has 0 aliphatic carbocycles. The van der Waals surface area contributed by atoms with E-state index in [1.54, 1.807) is 0 Å². The van der Waals surface area contributed by atoms with Gasteiger partial charge in [0.1, 0.15) is 0 Å². The average Bonchev–Trinajstić information content (AvgIpc) is 2.84. The topological polar surface area (TPSA) is 20.2 Å². The molecule has 0 spiro atoms. The molecule has 2 aliphatic heterocycles. The van der Waals surface area contributed by atoms with Crippen LogP contribution in [0.15, 0.2) is 42.6 Å². The smallest absolute Gasteiger partial charge is 0.0633 e. The molecule has 3 nitrogen and oxygen atoms in total. The molecule has 0 saturated carbocycles. The second-order valence-corrected chi connectivity index (χ2v) is 5.12. The van der Waals surface area contributed by atoms with E-state index >= 15 is 0 Å². The quantitative estimate of drug-likeness (QED) is 0.758. The summed E-state index contributed by atoms with van der Waals surface area (Å²) >= 11 is 0. The molecule has 0 amide bonds. The van der Waals surface area contributed by atoms with Gasteiger partial charge in [-0.05, 0) is 23.8 Å². The van der Waals surface area contributed by atoms with E-state index in [4.69, 9.17) is 0 Å². The van der Waals surface area contributed by atoms with Gasteiger partial charge in [0.25, 0.3) is 0 Å². The van der Waals surface area contributed by atoms with Gasteiger partial charge in [0.15, 0.2) is 0 Å². The van der Waals surface area contributed by atoms with E-state index in [0.717, 1.165) is 26.2 Å². The first-order valence-electron chi connectivity index (χ1n) is 6.64. The number of nitrogens with one attached hydrogen (secondary N) is 1. The monoisotopic (exact) mass is 239 g/mol. The molecular formula is C15H17N3. The van der Waals surface area contributed by atoms with Gasteiger partial charge in [-0.15, -0.1) is 0 Å². The molecule has 1 aromatic heterocycles. The van der Waals surface area contributed by atoms with Crippen LogP contribution in [0.1, 0.15) is 17.3 Å². The van der Waals surface area contributed by atoms with Gasteiger partial charge in [0.2, 0.25) is 0 Å². The lowest BCUT2D eigenvalue weighted by Crippen LogP contribution is -2.45. The number of hydrogen-bond acceptors (Lipinski definition) is 2. The zero-order valence-electron chi connectivity index (χ0n) is 10.3. The lowest BCUT2D eigenvalue weighted by Gasteiger charge is -2.34. The molecule has 3 heteroatoms. The highest BCUT2D eigenvalue weighted by Crippen LogP contribution is 2.32. The number of nitrogens with zero attached hydrogens (tertiary/aromatic N) is 2. The highest BCUT2D eigenvalue weighted by molar-refractivity contribution is 5.45. The molecule has 0 radical (unpaired) electrons. The predicted molar refractivity (Wildman–Crippen MR) is 71.8 cm³/mol. The lowest BCUT2D eigenvalue weighted by molar-refractivity contribution is 0.153. The van der Waals surface area contributed by atoms with E-state index < -0.39 is 0 Å².